The number of carboxylic acid groups (broad SMARTS) is 2. The summed E-state index contributed by atoms with van der Waals surface area (Å²) in [5.74, 6) is -8.75. The van der Waals surface area contributed by atoms with Crippen molar-refractivity contribution >= 4 is 56.7 Å². The number of nitrogens with one attached hydrogen (secondary N) is 4. The predicted molar refractivity (Wildman–Crippen MR) is 419 cm³/mol. The van der Waals surface area contributed by atoms with E-state index in [-0.39, 0.29) is 20.2 Å². The van der Waals surface area contributed by atoms with Crippen molar-refractivity contribution in [2.24, 2.45) is 0 Å². The minimum Gasteiger partial charge on any atom is -1.00 e. The maximum Gasteiger partial charge on any atom is 0.408 e. The Morgan fingerprint density at radius 1 is 0.466 bits per heavy atom. The number of pyridine rings is 2. The standard InChI is InChI=1S/C42H40N2O5.C34H34F5N3O6.C11H10F5NO2.H/c1-46-28-29-24-37(47-2)39(38(25-29)48-3)40-35-23-15-14-22-34(35)30(27-43-40)26-36(41(45)49-4)44-42(31-16-8-5-9-17-31,32-18-10-6-11-19-32)33-20-12-7-13-21-33;1-5-28(34(37,38)39)41-20-14-23(35)29(24(36)15-20)32(43)42-25(33(44)45)13-19-16-40-31(22-10-8-7-9-21(19)22)30-26(46-3)11-18(17-48-6-2)12-27(30)47-4;1-2-8(11(14,15)16)17-5-3-6(12)9(10(18)19)7(13)4-5;/h5-25,27,36,44H,26,28H2,1-4H3;7-12,14-16,25,28,41H,5-6,13,17H2,1-4H3,(H,42,43)(H,44,45);3-4,8,17H,2H2,1H3,(H,18,19);/q;;;-1/t36-;25-,28?;8-;/m001./s1/i;;;1+2. The van der Waals surface area contributed by atoms with Gasteiger partial charge in [0, 0.05) is 61.1 Å². The Hall–Kier alpha value is -12.3. The largest absolute Gasteiger partial charge is 1.00 e. The Balaban J connectivity index is 0.000000238. The van der Waals surface area contributed by atoms with Crippen LogP contribution >= 0.6 is 0 Å². The number of ether oxygens (including phenoxy) is 7. The molecule has 19 nitrogen and oxygen atoms in total. The number of anilines is 2. The minimum absolute atomic E-state index is 0. The number of aliphatic carboxylic acids is 1. The van der Waals surface area contributed by atoms with Crippen LogP contribution < -0.4 is 40.2 Å². The smallest absolute Gasteiger partial charge is 0.408 e. The molecule has 11 aromatic rings. The summed E-state index contributed by atoms with van der Waals surface area (Å²) in [7, 11) is 9.35. The minimum atomic E-state index is -4.68. The molecule has 29 heteroatoms. The van der Waals surface area contributed by atoms with Crippen LogP contribution in [0, 0.1) is 23.3 Å². The summed E-state index contributed by atoms with van der Waals surface area (Å²) in [6, 6.07) is 48.8. The van der Waals surface area contributed by atoms with Crippen LogP contribution in [0.2, 0.25) is 0 Å². The third kappa shape index (κ3) is 20.6. The molecular formula is C87H85F10N6O13-. The number of hydrogen-bond donors (Lipinski definition) is 6. The monoisotopic (exact) mass is 1610 g/mol. The van der Waals surface area contributed by atoms with Crippen molar-refractivity contribution in [1.82, 2.24) is 20.6 Å². The van der Waals surface area contributed by atoms with Gasteiger partial charge in [0.15, 0.2) is 0 Å². The second-order valence-corrected chi connectivity index (χ2v) is 26.2. The Morgan fingerprint density at radius 3 is 1.15 bits per heavy atom. The van der Waals surface area contributed by atoms with E-state index in [4.69, 9.17) is 43.2 Å². The van der Waals surface area contributed by atoms with Gasteiger partial charge >= 0.3 is 30.3 Å². The molecule has 0 radical (unpaired) electrons. The topological polar surface area (TPSA) is 247 Å². The van der Waals surface area contributed by atoms with E-state index in [9.17, 15) is 68.2 Å². The maximum atomic E-state index is 14.9. The molecule has 1 unspecified atom stereocenters. The zero-order chi connectivity index (χ0) is 84.2. The van der Waals surface area contributed by atoms with Crippen molar-refractivity contribution in [2.75, 3.05) is 59.9 Å². The number of hydrogen-bond acceptors (Lipinski definition) is 16. The summed E-state index contributed by atoms with van der Waals surface area (Å²) in [6.07, 6.45) is -6.76. The molecule has 2 heterocycles. The Kier molecular flexibility index (Phi) is 29.9. The number of carbonyl (C=O) groups is 4. The molecule has 612 valence electrons. The second kappa shape index (κ2) is 39.6. The number of rotatable bonds is 31. The Labute approximate surface area is 663 Å². The van der Waals surface area contributed by atoms with Crippen molar-refractivity contribution in [3.8, 4) is 45.5 Å². The summed E-state index contributed by atoms with van der Waals surface area (Å²) in [5.41, 5.74) is 4.24. The quantitative estimate of drug-likeness (QED) is 0.0134. The number of amides is 1. The molecule has 0 aliphatic carbocycles. The van der Waals surface area contributed by atoms with E-state index >= 15 is 0 Å². The number of carbonyl (C=O) groups excluding carboxylic acids is 2. The van der Waals surface area contributed by atoms with E-state index in [1.807, 2.05) is 109 Å². The van der Waals surface area contributed by atoms with Crippen molar-refractivity contribution in [3.63, 3.8) is 0 Å². The number of aromatic carboxylic acids is 1. The zero-order valence-electron chi connectivity index (χ0n) is 65.4. The number of aromatic nitrogens is 2. The molecule has 0 spiro atoms. The highest BCUT2D eigenvalue weighted by atomic mass is 19.4. The first-order chi connectivity index (χ1) is 55.5. The van der Waals surface area contributed by atoms with E-state index in [1.165, 1.54) is 41.4 Å². The number of carboxylic acids is 2. The van der Waals surface area contributed by atoms with Gasteiger partial charge in [-0.15, -0.1) is 0 Å². The van der Waals surface area contributed by atoms with Crippen LogP contribution in [-0.4, -0.2) is 130 Å². The molecule has 0 bridgehead atoms. The molecule has 2 aromatic heterocycles. The molecule has 0 saturated heterocycles. The zero-order valence-corrected chi connectivity index (χ0v) is 64.4. The molecular weight excluding hydrogens is 1530 g/mol. The summed E-state index contributed by atoms with van der Waals surface area (Å²) < 4.78 is 173. The van der Waals surface area contributed by atoms with Crippen molar-refractivity contribution < 1.29 is 108 Å². The SMILES string of the molecule is CCOCc1cc(OC)c(-c2ncc(C[C@H](NC(=O)c3c(F)cc(NC(CC)C(F)(F)F)cc3F)C(=O)O)c3ccccc23)c(OC)c1.CC[C@@H](Nc1cc(F)c(C(=O)O)c(F)c1)C(F)(F)F.COCc1cc(OC)c(-c2ncc(C[C@H](NC(c3ccccc3)(c3ccccc3)c3ccccc3)C(=O)OC)c3ccccc23)c(OC)c1.[3H-]. The van der Waals surface area contributed by atoms with Gasteiger partial charge in [-0.2, -0.15) is 26.3 Å². The normalized spacial score (nSPS) is 12.5. The molecule has 116 heavy (non-hydrogen) atoms. The molecule has 4 atom stereocenters. The van der Waals surface area contributed by atoms with Crippen LogP contribution in [0.25, 0.3) is 44.1 Å². The van der Waals surface area contributed by atoms with Crippen LogP contribution in [0.1, 0.15) is 94.7 Å². The van der Waals surface area contributed by atoms with Gasteiger partial charge in [0.25, 0.3) is 5.91 Å². The van der Waals surface area contributed by atoms with Gasteiger partial charge in [-0.1, -0.05) is 153 Å². The number of esters is 1. The Bertz CT molecular complexity index is 5060. The van der Waals surface area contributed by atoms with Gasteiger partial charge in [0.2, 0.25) is 0 Å². The number of methoxy groups -OCH3 is 6. The number of nitrogens with zero attached hydrogens (tertiary/aromatic N) is 2. The number of alkyl halides is 6. The summed E-state index contributed by atoms with van der Waals surface area (Å²) in [4.78, 5) is 59.2. The first-order valence-electron chi connectivity index (χ1n) is 36.3. The molecule has 0 saturated carbocycles. The molecule has 11 rings (SSSR count). The number of fused-ring (bicyclic) bond motifs is 2. The molecule has 0 aliphatic rings. The fourth-order valence-electron chi connectivity index (χ4n) is 13.4. The van der Waals surface area contributed by atoms with Gasteiger partial charge in [-0.05, 0) is 118 Å². The summed E-state index contributed by atoms with van der Waals surface area (Å²) in [6.45, 7) is 5.62. The van der Waals surface area contributed by atoms with Gasteiger partial charge in [-0.25, -0.2) is 27.2 Å². The summed E-state index contributed by atoms with van der Waals surface area (Å²) >= 11 is 0. The predicted octanol–water partition coefficient (Wildman–Crippen LogP) is 18.2. The first kappa shape index (κ1) is 87.6. The van der Waals surface area contributed by atoms with Crippen molar-refractivity contribution in [1.29, 1.82) is 0 Å². The van der Waals surface area contributed by atoms with E-state index < -0.39 is 112 Å². The lowest BCUT2D eigenvalue weighted by molar-refractivity contribution is -0.144. The Morgan fingerprint density at radius 2 is 0.819 bits per heavy atom. The van der Waals surface area contributed by atoms with E-state index in [0.717, 1.165) is 49.7 Å². The highest BCUT2D eigenvalue weighted by molar-refractivity contribution is 6.02. The third-order valence-corrected chi connectivity index (χ3v) is 18.9. The molecule has 6 N–H and O–H groups in total. The van der Waals surface area contributed by atoms with Crippen LogP contribution in [0.3, 0.4) is 0 Å². The van der Waals surface area contributed by atoms with Gasteiger partial charge in [0.1, 0.15) is 81.6 Å². The molecule has 1 amide bonds. The van der Waals surface area contributed by atoms with Crippen LogP contribution in [-0.2, 0) is 55.4 Å². The van der Waals surface area contributed by atoms with Gasteiger partial charge in [-0.3, -0.25) is 24.9 Å². The van der Waals surface area contributed by atoms with E-state index in [0.29, 0.717) is 107 Å². The summed E-state index contributed by atoms with van der Waals surface area (Å²) in [5, 5.41) is 31.4. The van der Waals surface area contributed by atoms with Crippen molar-refractivity contribution in [3.05, 3.63) is 274 Å². The van der Waals surface area contributed by atoms with Crippen molar-refractivity contribution in [2.45, 2.75) is 102 Å². The maximum absolute atomic E-state index is 14.9. The van der Waals surface area contributed by atoms with Crippen LogP contribution in [0.5, 0.6) is 23.0 Å². The third-order valence-electron chi connectivity index (χ3n) is 18.9. The number of benzene rings is 9. The van der Waals surface area contributed by atoms with Gasteiger partial charge < -0.3 is 60.7 Å². The van der Waals surface area contributed by atoms with E-state index in [1.54, 1.807) is 57.7 Å². The highest BCUT2D eigenvalue weighted by Crippen LogP contribution is 2.46. The average Bonchev–Trinajstić information content (AvgIpc) is 0.760. The fraction of sp³-hybridized carbons (Fsp3) is 0.264. The highest BCUT2D eigenvalue weighted by Gasteiger charge is 2.43. The first-order valence-corrected chi connectivity index (χ1v) is 36.3. The lowest BCUT2D eigenvalue weighted by Crippen LogP contribution is -2.53. The number of halogens is 10. The molecule has 9 aromatic carbocycles. The lowest BCUT2D eigenvalue weighted by atomic mass is 9.76. The van der Waals surface area contributed by atoms with Crippen LogP contribution in [0.15, 0.2) is 200 Å². The lowest BCUT2D eigenvalue weighted by Gasteiger charge is -2.39. The van der Waals surface area contributed by atoms with E-state index in [2.05, 4.69) is 58.1 Å². The fourth-order valence-corrected chi connectivity index (χ4v) is 13.4. The van der Waals surface area contributed by atoms with Gasteiger partial charge in [0.05, 0.1) is 76.8 Å². The molecule has 0 aliphatic heterocycles. The van der Waals surface area contributed by atoms with Crippen LogP contribution in [0.4, 0.5) is 55.3 Å². The second-order valence-electron chi connectivity index (χ2n) is 26.2. The molecule has 0 fully saturated rings. The average molecular weight is 1610 g/mol.